The highest BCUT2D eigenvalue weighted by atomic mass is 79.9. The van der Waals surface area contributed by atoms with Crippen LogP contribution in [-0.4, -0.2) is 14.6 Å². The summed E-state index contributed by atoms with van der Waals surface area (Å²) >= 11 is 5.18. The highest BCUT2D eigenvalue weighted by Crippen LogP contribution is 2.24. The normalized spacial score (nSPS) is 11.1. The molecule has 5 heteroatoms. The summed E-state index contributed by atoms with van der Waals surface area (Å²) in [5.41, 5.74) is 2.79. The van der Waals surface area contributed by atoms with Crippen molar-refractivity contribution >= 4 is 32.9 Å². The first-order chi connectivity index (χ1) is 7.75. The highest BCUT2D eigenvalue weighted by Gasteiger charge is 2.08. The lowest BCUT2D eigenvalue weighted by Gasteiger charge is -1.98. The molecule has 16 heavy (non-hydrogen) atoms. The second kappa shape index (κ2) is 3.68. The number of aryl methyl sites for hydroxylation is 1. The minimum atomic E-state index is 0.865. The van der Waals surface area contributed by atoms with E-state index < -0.39 is 0 Å². The number of nitrogens with zero attached hydrogens (tertiary/aromatic N) is 3. The van der Waals surface area contributed by atoms with E-state index in [1.54, 1.807) is 11.3 Å². The minimum absolute atomic E-state index is 0.865. The van der Waals surface area contributed by atoms with Gasteiger partial charge in [0.05, 0.1) is 10.6 Å². The van der Waals surface area contributed by atoms with Gasteiger partial charge in [-0.1, -0.05) is 6.07 Å². The molecule has 3 aromatic heterocycles. The average Bonchev–Trinajstić information content (AvgIpc) is 2.89. The van der Waals surface area contributed by atoms with Crippen LogP contribution in [0, 0.1) is 6.92 Å². The van der Waals surface area contributed by atoms with Crippen LogP contribution in [0.1, 0.15) is 5.69 Å². The van der Waals surface area contributed by atoms with Crippen molar-refractivity contribution in [1.29, 1.82) is 0 Å². The van der Waals surface area contributed by atoms with Gasteiger partial charge in [0.1, 0.15) is 10.3 Å². The van der Waals surface area contributed by atoms with Crippen molar-refractivity contribution in [3.63, 3.8) is 0 Å². The molecule has 0 aliphatic heterocycles. The summed E-state index contributed by atoms with van der Waals surface area (Å²) < 4.78 is 2.74. The van der Waals surface area contributed by atoms with Gasteiger partial charge in [-0.25, -0.2) is 9.50 Å². The van der Waals surface area contributed by atoms with Gasteiger partial charge < -0.3 is 0 Å². The van der Waals surface area contributed by atoms with Gasteiger partial charge in [-0.2, -0.15) is 5.10 Å². The molecule has 0 N–H and O–H groups in total. The maximum absolute atomic E-state index is 4.56. The molecule has 0 aliphatic carbocycles. The molecule has 3 nitrogen and oxygen atoms in total. The maximum Gasteiger partial charge on any atom is 0.155 e. The van der Waals surface area contributed by atoms with Gasteiger partial charge in [-0.05, 0) is 46.4 Å². The highest BCUT2D eigenvalue weighted by molar-refractivity contribution is 9.10. The summed E-state index contributed by atoms with van der Waals surface area (Å²) in [6.45, 7) is 1.96. The summed E-state index contributed by atoms with van der Waals surface area (Å²) in [6.07, 6.45) is 0. The van der Waals surface area contributed by atoms with Crippen LogP contribution in [0.5, 0.6) is 0 Å². The van der Waals surface area contributed by atoms with Crippen molar-refractivity contribution in [1.82, 2.24) is 14.6 Å². The van der Waals surface area contributed by atoms with E-state index in [1.165, 1.54) is 4.88 Å². The lowest BCUT2D eigenvalue weighted by atomic mass is 10.3. The van der Waals surface area contributed by atoms with E-state index in [4.69, 9.17) is 0 Å². The molecule has 0 aliphatic rings. The minimum Gasteiger partial charge on any atom is -0.231 e. The molecule has 3 rings (SSSR count). The summed E-state index contributed by atoms with van der Waals surface area (Å²) in [5, 5.41) is 6.61. The SMILES string of the molecule is Cc1nc2ccc(-c3cccs3)nn2c1Br. The topological polar surface area (TPSA) is 30.2 Å². The van der Waals surface area contributed by atoms with Crippen LogP contribution in [0.4, 0.5) is 0 Å². The smallest absolute Gasteiger partial charge is 0.155 e. The Kier molecular flexibility index (Phi) is 2.29. The number of halogens is 1. The molecule has 0 saturated heterocycles. The zero-order valence-corrected chi connectivity index (χ0v) is 10.9. The van der Waals surface area contributed by atoms with Gasteiger partial charge in [0.2, 0.25) is 0 Å². The van der Waals surface area contributed by atoms with Gasteiger partial charge in [-0.3, -0.25) is 0 Å². The van der Waals surface area contributed by atoms with Crippen LogP contribution in [0.25, 0.3) is 16.2 Å². The molecule has 0 saturated carbocycles. The van der Waals surface area contributed by atoms with Gasteiger partial charge in [0.25, 0.3) is 0 Å². The molecule has 0 aromatic carbocycles. The lowest BCUT2D eigenvalue weighted by Crippen LogP contribution is -1.93. The number of aromatic nitrogens is 3. The number of rotatable bonds is 1. The third kappa shape index (κ3) is 1.47. The van der Waals surface area contributed by atoms with Crippen molar-refractivity contribution in [3.05, 3.63) is 39.9 Å². The fourth-order valence-corrected chi connectivity index (χ4v) is 2.61. The second-order valence-electron chi connectivity index (χ2n) is 3.45. The van der Waals surface area contributed by atoms with E-state index >= 15 is 0 Å². The fourth-order valence-electron chi connectivity index (χ4n) is 1.57. The van der Waals surface area contributed by atoms with Crippen LogP contribution in [0.3, 0.4) is 0 Å². The molecule has 3 aromatic rings. The maximum atomic E-state index is 4.56. The third-order valence-corrected chi connectivity index (χ3v) is 4.16. The predicted octanol–water partition coefficient (Wildman–Crippen LogP) is 3.53. The summed E-state index contributed by atoms with van der Waals surface area (Å²) in [5.74, 6) is 0. The molecule has 0 radical (unpaired) electrons. The van der Waals surface area contributed by atoms with Crippen molar-refractivity contribution in [2.24, 2.45) is 0 Å². The molecule has 0 spiro atoms. The molecular formula is C11H8BrN3S. The first-order valence-corrected chi connectivity index (χ1v) is 6.49. The van der Waals surface area contributed by atoms with Gasteiger partial charge in [0, 0.05) is 0 Å². The zero-order valence-electron chi connectivity index (χ0n) is 8.51. The molecule has 0 fully saturated rings. The van der Waals surface area contributed by atoms with Crippen molar-refractivity contribution in [3.8, 4) is 10.6 Å². The monoisotopic (exact) mass is 293 g/mol. The standard InChI is InChI=1S/C11H8BrN3S/c1-7-11(12)15-10(13-7)5-4-8(14-15)9-3-2-6-16-9/h2-6H,1H3. The van der Waals surface area contributed by atoms with Crippen LogP contribution >= 0.6 is 27.3 Å². The first-order valence-electron chi connectivity index (χ1n) is 4.81. The zero-order chi connectivity index (χ0) is 11.1. The van der Waals surface area contributed by atoms with Crippen molar-refractivity contribution in [2.75, 3.05) is 0 Å². The number of hydrogen-bond acceptors (Lipinski definition) is 3. The van der Waals surface area contributed by atoms with E-state index in [0.717, 1.165) is 21.6 Å². The molecule has 80 valence electrons. The summed E-state index contributed by atoms with van der Waals surface area (Å²) in [7, 11) is 0. The van der Waals surface area contributed by atoms with Crippen LogP contribution in [0.2, 0.25) is 0 Å². The molecule has 0 bridgehead atoms. The van der Waals surface area contributed by atoms with Gasteiger partial charge in [0.15, 0.2) is 5.65 Å². The second-order valence-corrected chi connectivity index (χ2v) is 5.15. The third-order valence-electron chi connectivity index (χ3n) is 2.36. The lowest BCUT2D eigenvalue weighted by molar-refractivity contribution is 0.921. The van der Waals surface area contributed by atoms with Crippen molar-refractivity contribution < 1.29 is 0 Å². The number of hydrogen-bond donors (Lipinski definition) is 0. The molecule has 0 amide bonds. The largest absolute Gasteiger partial charge is 0.231 e. The van der Waals surface area contributed by atoms with E-state index in [2.05, 4.69) is 37.5 Å². The Balaban J connectivity index is 2.26. The van der Waals surface area contributed by atoms with Crippen LogP contribution in [0.15, 0.2) is 34.2 Å². The summed E-state index contributed by atoms with van der Waals surface area (Å²) in [6, 6.07) is 8.08. The van der Waals surface area contributed by atoms with Crippen molar-refractivity contribution in [2.45, 2.75) is 6.92 Å². The Hall–Kier alpha value is -1.20. The quantitative estimate of drug-likeness (QED) is 0.687. The molecule has 0 atom stereocenters. The Morgan fingerprint density at radius 3 is 2.94 bits per heavy atom. The predicted molar refractivity (Wildman–Crippen MR) is 68.7 cm³/mol. The van der Waals surface area contributed by atoms with Gasteiger partial charge in [-0.15, -0.1) is 11.3 Å². The Morgan fingerprint density at radius 2 is 2.19 bits per heavy atom. The number of thiophene rings is 1. The summed E-state index contributed by atoms with van der Waals surface area (Å²) in [4.78, 5) is 5.56. The number of imidazole rings is 1. The van der Waals surface area contributed by atoms with E-state index in [9.17, 15) is 0 Å². The Morgan fingerprint density at radius 1 is 1.31 bits per heavy atom. The Labute approximate surface area is 105 Å². The fraction of sp³-hybridized carbons (Fsp3) is 0.0909. The van der Waals surface area contributed by atoms with E-state index in [0.29, 0.717) is 0 Å². The van der Waals surface area contributed by atoms with Gasteiger partial charge >= 0.3 is 0 Å². The molecular weight excluding hydrogens is 286 g/mol. The van der Waals surface area contributed by atoms with E-state index in [1.807, 2.05) is 29.6 Å². The van der Waals surface area contributed by atoms with E-state index in [-0.39, 0.29) is 0 Å². The van der Waals surface area contributed by atoms with Crippen LogP contribution in [-0.2, 0) is 0 Å². The average molecular weight is 294 g/mol. The number of fused-ring (bicyclic) bond motifs is 1. The van der Waals surface area contributed by atoms with Crippen LogP contribution < -0.4 is 0 Å². The molecule has 0 unspecified atom stereocenters. The molecule has 3 heterocycles. The first kappa shape index (κ1) is 9.99. The Bertz CT molecular complexity index is 643.